The molecule has 1 aromatic heterocycles. The minimum atomic E-state index is -0.405. The van der Waals surface area contributed by atoms with Gasteiger partial charge in [-0.1, -0.05) is 29.4 Å². The van der Waals surface area contributed by atoms with E-state index in [9.17, 15) is 4.79 Å². The second-order valence-electron chi connectivity index (χ2n) is 4.30. The molecule has 2 N–H and O–H groups in total. The van der Waals surface area contributed by atoms with E-state index in [1.807, 2.05) is 4.57 Å². The van der Waals surface area contributed by atoms with Gasteiger partial charge in [0.1, 0.15) is 12.4 Å². The molecule has 0 aliphatic carbocycles. The minimum Gasteiger partial charge on any atom is -0.486 e. The summed E-state index contributed by atoms with van der Waals surface area (Å²) in [5.74, 6) is 1.07. The second kappa shape index (κ2) is 7.86. The molecule has 0 saturated heterocycles. The maximum Gasteiger partial charge on any atom is 0.227 e. The van der Waals surface area contributed by atoms with Gasteiger partial charge in [0.15, 0.2) is 11.0 Å². The lowest BCUT2D eigenvalue weighted by Crippen LogP contribution is -2.14. The van der Waals surface area contributed by atoms with Crippen molar-refractivity contribution in [3.05, 3.63) is 47.8 Å². The molecule has 2 aromatic rings. The van der Waals surface area contributed by atoms with E-state index >= 15 is 0 Å². The molecule has 0 saturated carbocycles. The lowest BCUT2D eigenvalue weighted by atomic mass is 10.3. The van der Waals surface area contributed by atoms with Crippen LogP contribution in [0.3, 0.4) is 0 Å². The van der Waals surface area contributed by atoms with Crippen molar-refractivity contribution in [2.75, 3.05) is 5.75 Å². The molecule has 22 heavy (non-hydrogen) atoms. The quantitative estimate of drug-likeness (QED) is 0.589. The molecule has 2 rings (SSSR count). The first-order chi connectivity index (χ1) is 10.6. The summed E-state index contributed by atoms with van der Waals surface area (Å²) in [5, 5.41) is 9.39. The average molecular weight is 339 g/mol. The fraction of sp³-hybridized carbons (Fsp3) is 0.214. The molecule has 6 nitrogen and oxygen atoms in total. The first-order valence-electron chi connectivity index (χ1n) is 6.42. The smallest absolute Gasteiger partial charge is 0.227 e. The molecular formula is C14H15ClN4O2S. The van der Waals surface area contributed by atoms with E-state index in [4.69, 9.17) is 22.1 Å². The number of allylic oxidation sites excluding steroid dienone is 1. The Morgan fingerprint density at radius 2 is 2.14 bits per heavy atom. The third-order valence-electron chi connectivity index (χ3n) is 2.63. The van der Waals surface area contributed by atoms with Crippen molar-refractivity contribution in [2.24, 2.45) is 5.73 Å². The third kappa shape index (κ3) is 4.51. The second-order valence-corrected chi connectivity index (χ2v) is 5.67. The minimum absolute atomic E-state index is 0.146. The molecule has 1 amide bonds. The number of carbonyl (C=O) groups excluding carboxylic acids is 1. The number of thioether (sulfide) groups is 1. The molecule has 0 unspecified atom stereocenters. The summed E-state index contributed by atoms with van der Waals surface area (Å²) in [4.78, 5) is 10.9. The summed E-state index contributed by atoms with van der Waals surface area (Å²) in [7, 11) is 0. The normalized spacial score (nSPS) is 10.4. The monoisotopic (exact) mass is 338 g/mol. The maximum absolute atomic E-state index is 10.9. The predicted molar refractivity (Wildman–Crippen MR) is 85.9 cm³/mol. The van der Waals surface area contributed by atoms with Crippen molar-refractivity contribution in [3.8, 4) is 5.75 Å². The Hall–Kier alpha value is -1.99. The van der Waals surface area contributed by atoms with Gasteiger partial charge >= 0.3 is 0 Å². The number of nitrogens with zero attached hydrogens (tertiary/aromatic N) is 3. The molecule has 0 bridgehead atoms. The van der Waals surface area contributed by atoms with Crippen LogP contribution in [0.5, 0.6) is 5.75 Å². The summed E-state index contributed by atoms with van der Waals surface area (Å²) in [6, 6.07) is 7.05. The number of amides is 1. The van der Waals surface area contributed by atoms with Gasteiger partial charge in [0.25, 0.3) is 0 Å². The summed E-state index contributed by atoms with van der Waals surface area (Å²) >= 11 is 7.06. The van der Waals surface area contributed by atoms with Gasteiger partial charge in [-0.25, -0.2) is 0 Å². The third-order valence-corrected chi connectivity index (χ3v) is 3.87. The van der Waals surface area contributed by atoms with Crippen LogP contribution in [-0.4, -0.2) is 26.4 Å². The van der Waals surface area contributed by atoms with E-state index in [1.165, 1.54) is 11.8 Å². The van der Waals surface area contributed by atoms with E-state index in [0.29, 0.717) is 28.3 Å². The molecule has 1 heterocycles. The van der Waals surface area contributed by atoms with Crippen LogP contribution in [0.1, 0.15) is 5.82 Å². The number of primary amides is 1. The number of hydrogen-bond donors (Lipinski definition) is 1. The summed E-state index contributed by atoms with van der Waals surface area (Å²) in [6.07, 6.45) is 1.73. The molecule has 0 fully saturated rings. The molecule has 0 spiro atoms. The van der Waals surface area contributed by atoms with E-state index in [0.717, 1.165) is 0 Å². The molecule has 8 heteroatoms. The van der Waals surface area contributed by atoms with Crippen molar-refractivity contribution in [2.45, 2.75) is 18.3 Å². The van der Waals surface area contributed by atoms with Crippen molar-refractivity contribution in [3.63, 3.8) is 0 Å². The highest BCUT2D eigenvalue weighted by Crippen LogP contribution is 2.19. The Morgan fingerprint density at radius 1 is 1.41 bits per heavy atom. The zero-order valence-electron chi connectivity index (χ0n) is 11.7. The number of benzene rings is 1. The summed E-state index contributed by atoms with van der Waals surface area (Å²) in [5.41, 5.74) is 5.15. The Labute approximate surface area is 137 Å². The first kappa shape index (κ1) is 16.4. The van der Waals surface area contributed by atoms with Gasteiger partial charge in [-0.3, -0.25) is 9.36 Å². The topological polar surface area (TPSA) is 83.0 Å². The molecule has 116 valence electrons. The number of halogens is 1. The number of rotatable bonds is 8. The number of aromatic nitrogens is 3. The highest BCUT2D eigenvalue weighted by atomic mass is 35.5. The van der Waals surface area contributed by atoms with E-state index in [-0.39, 0.29) is 12.4 Å². The van der Waals surface area contributed by atoms with Crippen LogP contribution in [0.15, 0.2) is 42.1 Å². The number of carbonyl (C=O) groups is 1. The Kier molecular flexibility index (Phi) is 5.85. The molecule has 0 aliphatic rings. The zero-order chi connectivity index (χ0) is 15.9. The lowest BCUT2D eigenvalue weighted by molar-refractivity contribution is -0.115. The van der Waals surface area contributed by atoms with Crippen LogP contribution in [-0.2, 0) is 17.9 Å². The Bertz CT molecular complexity index is 657. The molecule has 1 aromatic carbocycles. The van der Waals surface area contributed by atoms with Crippen LogP contribution < -0.4 is 10.5 Å². The molecule has 0 aliphatic heterocycles. The number of nitrogens with two attached hydrogens (primary N) is 1. The molecular weight excluding hydrogens is 324 g/mol. The zero-order valence-corrected chi connectivity index (χ0v) is 13.3. The van der Waals surface area contributed by atoms with E-state index in [2.05, 4.69) is 16.8 Å². The molecule has 0 atom stereocenters. The lowest BCUT2D eigenvalue weighted by Gasteiger charge is -2.08. The van der Waals surface area contributed by atoms with Crippen LogP contribution in [0.4, 0.5) is 0 Å². The van der Waals surface area contributed by atoms with Gasteiger partial charge < -0.3 is 10.5 Å². The molecule has 0 radical (unpaired) electrons. The van der Waals surface area contributed by atoms with E-state index < -0.39 is 5.91 Å². The SMILES string of the molecule is C=CCn1c(COc2ccc(Cl)cc2)nnc1SCC(N)=O. The summed E-state index contributed by atoms with van der Waals surface area (Å²) < 4.78 is 7.49. The van der Waals surface area contributed by atoms with Crippen molar-refractivity contribution >= 4 is 29.3 Å². The largest absolute Gasteiger partial charge is 0.486 e. The maximum atomic E-state index is 10.9. The van der Waals surface area contributed by atoms with Gasteiger partial charge in [-0.15, -0.1) is 16.8 Å². The Balaban J connectivity index is 2.07. The van der Waals surface area contributed by atoms with Crippen LogP contribution in [0.2, 0.25) is 5.02 Å². The van der Waals surface area contributed by atoms with Gasteiger partial charge in [0.2, 0.25) is 5.91 Å². The fourth-order valence-electron chi connectivity index (χ4n) is 1.66. The fourth-order valence-corrected chi connectivity index (χ4v) is 2.49. The van der Waals surface area contributed by atoms with Gasteiger partial charge in [-0.2, -0.15) is 0 Å². The van der Waals surface area contributed by atoms with Crippen LogP contribution >= 0.6 is 23.4 Å². The Morgan fingerprint density at radius 3 is 2.77 bits per heavy atom. The van der Waals surface area contributed by atoms with Crippen molar-refractivity contribution in [1.82, 2.24) is 14.8 Å². The van der Waals surface area contributed by atoms with Crippen LogP contribution in [0.25, 0.3) is 0 Å². The number of ether oxygens (including phenoxy) is 1. The van der Waals surface area contributed by atoms with Crippen molar-refractivity contribution in [1.29, 1.82) is 0 Å². The number of hydrogen-bond acceptors (Lipinski definition) is 5. The summed E-state index contributed by atoms with van der Waals surface area (Å²) in [6.45, 7) is 4.48. The van der Waals surface area contributed by atoms with Gasteiger partial charge in [-0.05, 0) is 24.3 Å². The van der Waals surface area contributed by atoms with Crippen molar-refractivity contribution < 1.29 is 9.53 Å². The standard InChI is InChI=1S/C14H15ClN4O2S/c1-2-7-19-13(17-18-14(19)22-9-12(16)20)8-21-11-5-3-10(15)4-6-11/h2-6H,1,7-9H2,(H2,16,20). The first-order valence-corrected chi connectivity index (χ1v) is 7.79. The van der Waals surface area contributed by atoms with E-state index in [1.54, 1.807) is 30.3 Å². The average Bonchev–Trinajstić information content (AvgIpc) is 2.87. The van der Waals surface area contributed by atoms with Crippen LogP contribution in [0, 0.1) is 0 Å². The highest BCUT2D eigenvalue weighted by molar-refractivity contribution is 7.99. The van der Waals surface area contributed by atoms with Gasteiger partial charge in [0.05, 0.1) is 5.75 Å². The van der Waals surface area contributed by atoms with Gasteiger partial charge in [0, 0.05) is 11.6 Å². The predicted octanol–water partition coefficient (Wildman–Crippen LogP) is 2.27. The highest BCUT2D eigenvalue weighted by Gasteiger charge is 2.13.